The van der Waals surface area contributed by atoms with Crippen molar-refractivity contribution < 1.29 is 29.3 Å². The Balaban J connectivity index is 1.77. The van der Waals surface area contributed by atoms with Gasteiger partial charge in [0.1, 0.15) is 6.61 Å². The zero-order valence-corrected chi connectivity index (χ0v) is 24.7. The number of carboxylic acid groups (broad SMARTS) is 2. The third-order valence-electron chi connectivity index (χ3n) is 7.39. The van der Waals surface area contributed by atoms with Crippen molar-refractivity contribution in [2.24, 2.45) is 0 Å². The predicted octanol–water partition coefficient (Wildman–Crippen LogP) is 4.41. The maximum absolute atomic E-state index is 14.2. The van der Waals surface area contributed by atoms with Crippen LogP contribution in [-0.4, -0.2) is 55.4 Å². The third kappa shape index (κ3) is 5.68. The summed E-state index contributed by atoms with van der Waals surface area (Å²) in [6, 6.07) is 16.9. The van der Waals surface area contributed by atoms with Gasteiger partial charge in [0, 0.05) is 17.3 Å². The second-order valence-corrected chi connectivity index (χ2v) is 10.2. The van der Waals surface area contributed by atoms with Gasteiger partial charge in [-0.05, 0) is 67.9 Å². The van der Waals surface area contributed by atoms with Gasteiger partial charge in [-0.25, -0.2) is 19.0 Å². The number of hydrogen-bond donors (Lipinski definition) is 4. The van der Waals surface area contributed by atoms with E-state index in [-0.39, 0.29) is 28.9 Å². The Morgan fingerprint density at radius 1 is 0.822 bits per heavy atom. The normalized spacial score (nSPS) is 11.0. The van der Waals surface area contributed by atoms with E-state index in [1.807, 2.05) is 0 Å². The SMILES string of the molecule is C=CCOc1ccc(C(c2c(C)[nH]n(-c3cccc(C(=O)O)c3)c2=O)c2c(C)[nH]n(-c3cccc(C(=O)O)c3)c2=O)cc1OC. The first-order chi connectivity index (χ1) is 21.5. The Kier molecular flexibility index (Phi) is 8.31. The molecule has 3 aromatic carbocycles. The number of carbonyl (C=O) groups is 2. The van der Waals surface area contributed by atoms with E-state index in [0.29, 0.717) is 39.8 Å². The van der Waals surface area contributed by atoms with Crippen molar-refractivity contribution in [2.75, 3.05) is 13.7 Å². The lowest BCUT2D eigenvalue weighted by Crippen LogP contribution is -2.25. The third-order valence-corrected chi connectivity index (χ3v) is 7.39. The van der Waals surface area contributed by atoms with Crippen LogP contribution in [0, 0.1) is 13.8 Å². The highest BCUT2D eigenvalue weighted by molar-refractivity contribution is 5.88. The molecule has 0 radical (unpaired) electrons. The number of nitrogens with one attached hydrogen (secondary N) is 2. The molecule has 0 fully saturated rings. The highest BCUT2D eigenvalue weighted by Crippen LogP contribution is 2.37. The molecule has 5 aromatic rings. The molecule has 0 saturated carbocycles. The van der Waals surface area contributed by atoms with Crippen LogP contribution in [0.25, 0.3) is 11.4 Å². The molecule has 2 heterocycles. The Bertz CT molecular complexity index is 1950. The number of benzene rings is 3. The van der Waals surface area contributed by atoms with Crippen molar-refractivity contribution in [1.82, 2.24) is 19.6 Å². The van der Waals surface area contributed by atoms with Crippen LogP contribution in [0.4, 0.5) is 0 Å². The first kappa shape index (κ1) is 30.4. The van der Waals surface area contributed by atoms with E-state index in [1.165, 1.54) is 52.9 Å². The summed E-state index contributed by atoms with van der Waals surface area (Å²) in [6.45, 7) is 7.28. The molecule has 12 heteroatoms. The van der Waals surface area contributed by atoms with E-state index in [0.717, 1.165) is 0 Å². The fraction of sp³-hybridized carbons (Fsp3) is 0.152. The highest BCUT2D eigenvalue weighted by Gasteiger charge is 2.32. The molecule has 0 spiro atoms. The topological polar surface area (TPSA) is 169 Å². The first-order valence-corrected chi connectivity index (χ1v) is 13.8. The van der Waals surface area contributed by atoms with E-state index in [9.17, 15) is 29.4 Å². The number of aromatic nitrogens is 4. The second-order valence-electron chi connectivity index (χ2n) is 10.2. The average Bonchev–Trinajstić information content (AvgIpc) is 3.50. The zero-order valence-electron chi connectivity index (χ0n) is 24.7. The van der Waals surface area contributed by atoms with E-state index in [4.69, 9.17) is 9.47 Å². The number of aromatic carboxylic acids is 2. The van der Waals surface area contributed by atoms with Gasteiger partial charge in [-0.15, -0.1) is 0 Å². The van der Waals surface area contributed by atoms with Crippen LogP contribution < -0.4 is 20.6 Å². The molecule has 0 amide bonds. The number of aromatic amines is 2. The van der Waals surface area contributed by atoms with Crippen molar-refractivity contribution in [3.05, 3.63) is 139 Å². The van der Waals surface area contributed by atoms with Crippen molar-refractivity contribution in [3.8, 4) is 22.9 Å². The fourth-order valence-electron chi connectivity index (χ4n) is 5.33. The van der Waals surface area contributed by atoms with Crippen LogP contribution in [-0.2, 0) is 0 Å². The van der Waals surface area contributed by atoms with Crippen LogP contribution in [0.2, 0.25) is 0 Å². The summed E-state index contributed by atoms with van der Waals surface area (Å²) in [6.07, 6.45) is 1.59. The van der Waals surface area contributed by atoms with Crippen LogP contribution in [0.1, 0.15) is 54.7 Å². The number of nitrogens with zero attached hydrogens (tertiary/aromatic N) is 2. The minimum Gasteiger partial charge on any atom is -0.493 e. The van der Waals surface area contributed by atoms with E-state index in [2.05, 4.69) is 16.8 Å². The van der Waals surface area contributed by atoms with Crippen LogP contribution >= 0.6 is 0 Å². The molecule has 0 atom stereocenters. The Labute approximate surface area is 256 Å². The summed E-state index contributed by atoms with van der Waals surface area (Å²) in [7, 11) is 1.48. The van der Waals surface area contributed by atoms with Gasteiger partial charge < -0.3 is 19.7 Å². The number of ether oxygens (including phenoxy) is 2. The number of H-pyrrole nitrogens is 2. The molecule has 0 aliphatic rings. The van der Waals surface area contributed by atoms with Gasteiger partial charge in [0.25, 0.3) is 11.1 Å². The first-order valence-electron chi connectivity index (χ1n) is 13.8. The van der Waals surface area contributed by atoms with Crippen LogP contribution in [0.5, 0.6) is 11.5 Å². The molecule has 0 bridgehead atoms. The molecule has 5 rings (SSSR count). The lowest BCUT2D eigenvalue weighted by Gasteiger charge is -2.18. The van der Waals surface area contributed by atoms with Crippen LogP contribution in [0.15, 0.2) is 89.0 Å². The number of methoxy groups -OCH3 is 1. The number of aryl methyl sites for hydroxylation is 2. The molecule has 0 unspecified atom stereocenters. The van der Waals surface area contributed by atoms with Gasteiger partial charge in [0.15, 0.2) is 11.5 Å². The van der Waals surface area contributed by atoms with Gasteiger partial charge >= 0.3 is 11.9 Å². The minimum absolute atomic E-state index is 0.00226. The molecule has 4 N–H and O–H groups in total. The van der Waals surface area contributed by atoms with Crippen LogP contribution in [0.3, 0.4) is 0 Å². The maximum Gasteiger partial charge on any atom is 0.335 e. The fourth-order valence-corrected chi connectivity index (χ4v) is 5.33. The van der Waals surface area contributed by atoms with E-state index < -0.39 is 29.0 Å². The van der Waals surface area contributed by atoms with Gasteiger partial charge in [-0.1, -0.05) is 30.9 Å². The smallest absolute Gasteiger partial charge is 0.335 e. The lowest BCUT2D eigenvalue weighted by atomic mass is 9.85. The largest absolute Gasteiger partial charge is 0.493 e. The van der Waals surface area contributed by atoms with Gasteiger partial charge in [0.2, 0.25) is 0 Å². The molecule has 45 heavy (non-hydrogen) atoms. The van der Waals surface area contributed by atoms with E-state index in [1.54, 1.807) is 50.3 Å². The lowest BCUT2D eigenvalue weighted by molar-refractivity contribution is 0.0686. The van der Waals surface area contributed by atoms with Crippen molar-refractivity contribution in [3.63, 3.8) is 0 Å². The molecule has 0 saturated heterocycles. The Morgan fingerprint density at radius 2 is 1.33 bits per heavy atom. The minimum atomic E-state index is -1.15. The molecule has 12 nitrogen and oxygen atoms in total. The Morgan fingerprint density at radius 3 is 1.78 bits per heavy atom. The number of rotatable bonds is 11. The molecular weight excluding hydrogens is 580 g/mol. The standard InChI is InChI=1S/C33H30N4O8/c1-5-14-45-25-13-12-20(17-26(25)44-4)29(27-18(2)34-36(30(27)38)23-10-6-8-21(15-23)32(40)41)28-19(3)35-37(31(28)39)24-11-7-9-22(16-24)33(42)43/h5-13,15-17,29,34-35H,1,14H2,2-4H3,(H,40,41)(H,42,43). The monoisotopic (exact) mass is 610 g/mol. The molecule has 0 aliphatic carbocycles. The van der Waals surface area contributed by atoms with Gasteiger partial charge in [0.05, 0.1) is 40.7 Å². The second kappa shape index (κ2) is 12.3. The van der Waals surface area contributed by atoms with E-state index >= 15 is 0 Å². The van der Waals surface area contributed by atoms with Crippen molar-refractivity contribution >= 4 is 11.9 Å². The summed E-state index contributed by atoms with van der Waals surface area (Å²) in [5.74, 6) is -2.43. The summed E-state index contributed by atoms with van der Waals surface area (Å²) in [5.41, 5.74) is 1.50. The molecular formula is C33H30N4O8. The molecule has 2 aromatic heterocycles. The van der Waals surface area contributed by atoms with Gasteiger partial charge in [-0.3, -0.25) is 19.8 Å². The maximum atomic E-state index is 14.2. The quantitative estimate of drug-likeness (QED) is 0.160. The molecule has 0 aliphatic heterocycles. The number of carboxylic acids is 2. The van der Waals surface area contributed by atoms with Crippen molar-refractivity contribution in [2.45, 2.75) is 19.8 Å². The van der Waals surface area contributed by atoms with Crippen molar-refractivity contribution in [1.29, 1.82) is 0 Å². The molecule has 230 valence electrons. The average molecular weight is 611 g/mol. The summed E-state index contributed by atoms with van der Waals surface area (Å²) in [5, 5.41) is 25.1. The highest BCUT2D eigenvalue weighted by atomic mass is 16.5. The predicted molar refractivity (Wildman–Crippen MR) is 166 cm³/mol. The summed E-state index contributed by atoms with van der Waals surface area (Å²) in [4.78, 5) is 51.6. The zero-order chi connectivity index (χ0) is 32.4. The van der Waals surface area contributed by atoms with Gasteiger partial charge in [-0.2, -0.15) is 0 Å². The summed E-state index contributed by atoms with van der Waals surface area (Å²) >= 11 is 0. The number of hydrogen-bond acceptors (Lipinski definition) is 6. The summed E-state index contributed by atoms with van der Waals surface area (Å²) < 4.78 is 13.8. The Hall–Kier alpha value is -6.04.